The number of nitrogens with zero attached hydrogens (tertiary/aromatic N) is 3. The van der Waals surface area contributed by atoms with Gasteiger partial charge in [0.25, 0.3) is 0 Å². The van der Waals surface area contributed by atoms with Crippen molar-refractivity contribution in [2.75, 3.05) is 26.2 Å². The first-order chi connectivity index (χ1) is 13.1. The first-order valence-electron chi connectivity index (χ1n) is 9.77. The maximum absolute atomic E-state index is 9.95. The fourth-order valence-electron chi connectivity index (χ4n) is 4.31. The van der Waals surface area contributed by atoms with Crippen molar-refractivity contribution >= 4 is 11.6 Å². The standard InChI is InChI=1S/C21H28ClN3O2/c1-16-12-25-15-20(26)11-19(25)14-24(16)13-18-3-2-8-23(18)9-10-27-21-6-4-17(22)5-7-21/h2-8,16,19-20,26H,9-15H2,1H3/t16-,19-,20-/m1/s1. The summed E-state index contributed by atoms with van der Waals surface area (Å²) >= 11 is 5.91. The molecule has 2 aliphatic heterocycles. The Bertz CT molecular complexity index is 748. The highest BCUT2D eigenvalue weighted by molar-refractivity contribution is 6.30. The molecule has 2 saturated heterocycles. The van der Waals surface area contributed by atoms with Gasteiger partial charge in [-0.2, -0.15) is 0 Å². The number of rotatable bonds is 6. The highest BCUT2D eigenvalue weighted by Gasteiger charge is 2.38. The summed E-state index contributed by atoms with van der Waals surface area (Å²) in [5.41, 5.74) is 1.31. The van der Waals surface area contributed by atoms with Gasteiger partial charge in [0.1, 0.15) is 12.4 Å². The van der Waals surface area contributed by atoms with Gasteiger partial charge in [-0.1, -0.05) is 11.6 Å². The summed E-state index contributed by atoms with van der Waals surface area (Å²) in [6.45, 7) is 7.59. The highest BCUT2D eigenvalue weighted by Crippen LogP contribution is 2.26. The predicted molar refractivity (Wildman–Crippen MR) is 107 cm³/mol. The number of aliphatic hydroxyl groups excluding tert-OH is 1. The number of ether oxygens (including phenoxy) is 1. The Morgan fingerprint density at radius 2 is 1.96 bits per heavy atom. The molecule has 3 atom stereocenters. The van der Waals surface area contributed by atoms with Crippen LogP contribution in [0.25, 0.3) is 0 Å². The van der Waals surface area contributed by atoms with Crippen molar-refractivity contribution in [2.24, 2.45) is 0 Å². The van der Waals surface area contributed by atoms with E-state index < -0.39 is 0 Å². The molecule has 0 amide bonds. The number of aromatic nitrogens is 1. The quantitative estimate of drug-likeness (QED) is 0.824. The molecule has 1 aromatic carbocycles. The van der Waals surface area contributed by atoms with E-state index >= 15 is 0 Å². The van der Waals surface area contributed by atoms with Crippen LogP contribution in [0, 0.1) is 0 Å². The fraction of sp³-hybridized carbons (Fsp3) is 0.524. The van der Waals surface area contributed by atoms with Crippen LogP contribution in [0.4, 0.5) is 0 Å². The second-order valence-electron chi connectivity index (χ2n) is 7.77. The summed E-state index contributed by atoms with van der Waals surface area (Å²) in [4.78, 5) is 5.00. The molecule has 2 aromatic rings. The fourth-order valence-corrected chi connectivity index (χ4v) is 4.43. The zero-order valence-electron chi connectivity index (χ0n) is 15.8. The van der Waals surface area contributed by atoms with E-state index in [1.165, 1.54) is 5.69 Å². The van der Waals surface area contributed by atoms with E-state index in [0.29, 0.717) is 18.7 Å². The van der Waals surface area contributed by atoms with Crippen LogP contribution in [-0.4, -0.2) is 63.9 Å². The predicted octanol–water partition coefficient (Wildman–Crippen LogP) is 2.86. The van der Waals surface area contributed by atoms with Crippen molar-refractivity contribution in [1.82, 2.24) is 14.4 Å². The van der Waals surface area contributed by atoms with Crippen LogP contribution >= 0.6 is 11.6 Å². The molecule has 5 nitrogen and oxygen atoms in total. The number of piperazine rings is 1. The molecule has 2 aliphatic rings. The molecule has 0 bridgehead atoms. The Balaban J connectivity index is 1.32. The van der Waals surface area contributed by atoms with Crippen molar-refractivity contribution in [3.8, 4) is 5.75 Å². The van der Waals surface area contributed by atoms with Gasteiger partial charge in [0, 0.05) is 55.2 Å². The van der Waals surface area contributed by atoms with Crippen LogP contribution in [-0.2, 0) is 13.1 Å². The Kier molecular flexibility index (Phi) is 5.74. The summed E-state index contributed by atoms with van der Waals surface area (Å²) in [6, 6.07) is 12.8. The second kappa shape index (κ2) is 8.23. The van der Waals surface area contributed by atoms with Gasteiger partial charge >= 0.3 is 0 Å². The van der Waals surface area contributed by atoms with E-state index in [4.69, 9.17) is 16.3 Å². The van der Waals surface area contributed by atoms with Gasteiger partial charge in [0.05, 0.1) is 12.6 Å². The minimum Gasteiger partial charge on any atom is -0.492 e. The molecule has 2 fully saturated rings. The molecule has 4 rings (SSSR count). The lowest BCUT2D eigenvalue weighted by Gasteiger charge is -2.42. The van der Waals surface area contributed by atoms with Crippen molar-refractivity contribution in [3.63, 3.8) is 0 Å². The van der Waals surface area contributed by atoms with Crippen molar-refractivity contribution in [2.45, 2.75) is 44.6 Å². The minimum absolute atomic E-state index is 0.156. The molecule has 6 heteroatoms. The van der Waals surface area contributed by atoms with Crippen LogP contribution < -0.4 is 4.74 Å². The van der Waals surface area contributed by atoms with Crippen molar-refractivity contribution in [3.05, 3.63) is 53.3 Å². The molecule has 1 aromatic heterocycles. The zero-order chi connectivity index (χ0) is 18.8. The smallest absolute Gasteiger partial charge is 0.119 e. The summed E-state index contributed by atoms with van der Waals surface area (Å²) < 4.78 is 8.12. The third-order valence-electron chi connectivity index (χ3n) is 5.78. The SMILES string of the molecule is C[C@@H]1CN2C[C@H](O)C[C@@H]2CN1Cc1cccn1CCOc1ccc(Cl)cc1. The summed E-state index contributed by atoms with van der Waals surface area (Å²) in [6.07, 6.45) is 2.87. The molecular weight excluding hydrogens is 362 g/mol. The average Bonchev–Trinajstić information content (AvgIpc) is 3.22. The van der Waals surface area contributed by atoms with Crippen LogP contribution in [0.5, 0.6) is 5.75 Å². The molecule has 0 saturated carbocycles. The number of hydrogen-bond donors (Lipinski definition) is 1. The van der Waals surface area contributed by atoms with Crippen molar-refractivity contribution < 1.29 is 9.84 Å². The van der Waals surface area contributed by atoms with Crippen LogP contribution in [0.1, 0.15) is 19.0 Å². The number of hydrogen-bond acceptors (Lipinski definition) is 4. The minimum atomic E-state index is -0.156. The maximum Gasteiger partial charge on any atom is 0.119 e. The van der Waals surface area contributed by atoms with Gasteiger partial charge in [-0.15, -0.1) is 0 Å². The van der Waals surface area contributed by atoms with E-state index in [2.05, 4.69) is 39.6 Å². The summed E-state index contributed by atoms with van der Waals surface area (Å²) in [5, 5.41) is 10.7. The topological polar surface area (TPSA) is 40.9 Å². The average molecular weight is 390 g/mol. The van der Waals surface area contributed by atoms with E-state index in [-0.39, 0.29) is 6.10 Å². The Hall–Kier alpha value is -1.53. The lowest BCUT2D eigenvalue weighted by Crippen LogP contribution is -2.54. The van der Waals surface area contributed by atoms with Gasteiger partial charge in [0.15, 0.2) is 0 Å². The third kappa shape index (κ3) is 4.49. The second-order valence-corrected chi connectivity index (χ2v) is 8.21. The molecule has 3 heterocycles. The molecule has 0 unspecified atom stereocenters. The lowest BCUT2D eigenvalue weighted by molar-refractivity contribution is 0.0511. The molecule has 1 N–H and O–H groups in total. The Morgan fingerprint density at radius 1 is 1.15 bits per heavy atom. The van der Waals surface area contributed by atoms with E-state index in [9.17, 15) is 5.11 Å². The monoisotopic (exact) mass is 389 g/mol. The molecule has 0 spiro atoms. The van der Waals surface area contributed by atoms with E-state index in [1.807, 2.05) is 24.3 Å². The molecule has 0 aliphatic carbocycles. The van der Waals surface area contributed by atoms with Gasteiger partial charge in [-0.25, -0.2) is 0 Å². The zero-order valence-corrected chi connectivity index (χ0v) is 16.6. The summed E-state index contributed by atoms with van der Waals surface area (Å²) in [7, 11) is 0. The third-order valence-corrected chi connectivity index (χ3v) is 6.03. The first-order valence-corrected chi connectivity index (χ1v) is 10.1. The lowest BCUT2D eigenvalue weighted by atomic mass is 10.1. The number of benzene rings is 1. The maximum atomic E-state index is 9.95. The Morgan fingerprint density at radius 3 is 2.78 bits per heavy atom. The number of fused-ring (bicyclic) bond motifs is 1. The van der Waals surface area contributed by atoms with Gasteiger partial charge < -0.3 is 14.4 Å². The molecular formula is C21H28ClN3O2. The van der Waals surface area contributed by atoms with Crippen molar-refractivity contribution in [1.29, 1.82) is 0 Å². The number of halogens is 1. The van der Waals surface area contributed by atoms with Crippen LogP contribution in [0.3, 0.4) is 0 Å². The van der Waals surface area contributed by atoms with Gasteiger partial charge in [-0.3, -0.25) is 9.80 Å². The first kappa shape index (κ1) is 18.8. The molecule has 146 valence electrons. The van der Waals surface area contributed by atoms with Crippen LogP contribution in [0.2, 0.25) is 5.02 Å². The van der Waals surface area contributed by atoms with Gasteiger partial charge in [0.2, 0.25) is 0 Å². The molecule has 0 radical (unpaired) electrons. The summed E-state index contributed by atoms with van der Waals surface area (Å²) in [5.74, 6) is 0.845. The Labute approximate surface area is 166 Å². The largest absolute Gasteiger partial charge is 0.492 e. The van der Waals surface area contributed by atoms with Crippen LogP contribution in [0.15, 0.2) is 42.6 Å². The molecule has 27 heavy (non-hydrogen) atoms. The normalized spacial score (nSPS) is 26.3. The van der Waals surface area contributed by atoms with Gasteiger partial charge in [-0.05, 0) is 49.7 Å². The van der Waals surface area contributed by atoms with E-state index in [0.717, 1.165) is 49.9 Å². The highest BCUT2D eigenvalue weighted by atomic mass is 35.5. The van der Waals surface area contributed by atoms with E-state index in [1.54, 1.807) is 0 Å². The number of aliphatic hydroxyl groups is 1.